The van der Waals surface area contributed by atoms with Gasteiger partial charge >= 0.3 is 5.97 Å². The summed E-state index contributed by atoms with van der Waals surface area (Å²) in [7, 11) is 3.97. The highest BCUT2D eigenvalue weighted by molar-refractivity contribution is 8.93. The Kier molecular flexibility index (Phi) is 8.10. The van der Waals surface area contributed by atoms with Crippen LogP contribution in [0.4, 0.5) is 11.5 Å². The lowest BCUT2D eigenvalue weighted by molar-refractivity contribution is -0.137. The third-order valence-corrected chi connectivity index (χ3v) is 6.07. The van der Waals surface area contributed by atoms with Gasteiger partial charge in [0.1, 0.15) is 17.0 Å². The molecule has 0 radical (unpaired) electrons. The number of unbranched alkanes of at least 4 members (excludes halogenated alkanes) is 2. The maximum atomic E-state index is 10.6. The molecule has 1 aliphatic carbocycles. The summed E-state index contributed by atoms with van der Waals surface area (Å²) < 4.78 is 0. The first-order chi connectivity index (χ1) is 13.3. The highest BCUT2D eigenvalue weighted by atomic mass is 79.9. The number of nitrogens with zero attached hydrogens (tertiary/aromatic N) is 4. The summed E-state index contributed by atoms with van der Waals surface area (Å²) in [6.07, 6.45) is 6.29. The van der Waals surface area contributed by atoms with Crippen molar-refractivity contribution in [1.82, 2.24) is 9.97 Å². The third-order valence-electron chi connectivity index (χ3n) is 4.88. The molecule has 1 aromatic rings. The van der Waals surface area contributed by atoms with Gasteiger partial charge in [-0.05, 0) is 31.1 Å². The molecule has 0 aromatic carbocycles. The van der Waals surface area contributed by atoms with Crippen molar-refractivity contribution in [2.24, 2.45) is 10.4 Å². The Morgan fingerprint density at radius 2 is 2.03 bits per heavy atom. The molecule has 2 aliphatic rings. The van der Waals surface area contributed by atoms with E-state index in [-0.39, 0.29) is 28.8 Å². The van der Waals surface area contributed by atoms with Crippen molar-refractivity contribution in [3.8, 4) is 0 Å². The SMILES string of the molecule is Br.CN(C)c1ncnc2c1NC1=C(S2)C(=NCCCCCC(=O)O)CC(C)(C)C1. The number of hydrogen-bond acceptors (Lipinski definition) is 7. The summed E-state index contributed by atoms with van der Waals surface area (Å²) in [4.78, 5) is 27.6. The van der Waals surface area contributed by atoms with Crippen molar-refractivity contribution in [2.75, 3.05) is 30.9 Å². The molecule has 0 saturated carbocycles. The van der Waals surface area contributed by atoms with Gasteiger partial charge < -0.3 is 15.3 Å². The van der Waals surface area contributed by atoms with Crippen LogP contribution in [0, 0.1) is 5.41 Å². The maximum absolute atomic E-state index is 10.6. The van der Waals surface area contributed by atoms with Crippen LogP contribution >= 0.6 is 28.7 Å². The molecule has 1 aromatic heterocycles. The Hall–Kier alpha value is -1.61. The Morgan fingerprint density at radius 1 is 1.28 bits per heavy atom. The van der Waals surface area contributed by atoms with Crippen LogP contribution < -0.4 is 10.2 Å². The molecule has 9 heteroatoms. The fourth-order valence-corrected chi connectivity index (χ4v) is 4.63. The number of rotatable bonds is 7. The minimum absolute atomic E-state index is 0. The lowest BCUT2D eigenvalue weighted by atomic mass is 9.78. The smallest absolute Gasteiger partial charge is 0.303 e. The van der Waals surface area contributed by atoms with Gasteiger partial charge in [0, 0.05) is 32.8 Å². The number of allylic oxidation sites excluding steroid dienone is 2. The fraction of sp³-hybridized carbons (Fsp3) is 0.600. The normalized spacial score (nSPS) is 18.4. The number of carboxylic acid groups (broad SMARTS) is 1. The van der Waals surface area contributed by atoms with Crippen LogP contribution in [0.2, 0.25) is 0 Å². The van der Waals surface area contributed by atoms with E-state index in [9.17, 15) is 4.79 Å². The van der Waals surface area contributed by atoms with Crippen LogP contribution in [0.15, 0.2) is 26.9 Å². The summed E-state index contributed by atoms with van der Waals surface area (Å²) in [5, 5.41) is 13.3. The molecular weight excluding hydrogens is 454 g/mol. The third kappa shape index (κ3) is 5.94. The van der Waals surface area contributed by atoms with Gasteiger partial charge in [-0.25, -0.2) is 9.97 Å². The Balaban J connectivity index is 0.00000300. The molecule has 0 spiro atoms. The monoisotopic (exact) mass is 483 g/mol. The topological polar surface area (TPSA) is 90.7 Å². The number of carboxylic acids is 1. The van der Waals surface area contributed by atoms with Gasteiger partial charge in [-0.15, -0.1) is 17.0 Å². The molecule has 2 N–H and O–H groups in total. The van der Waals surface area contributed by atoms with E-state index in [1.54, 1.807) is 18.1 Å². The number of aliphatic imine (C=N–C) groups is 1. The molecular formula is C20H30BrN5O2S. The van der Waals surface area contributed by atoms with Crippen molar-refractivity contribution < 1.29 is 9.90 Å². The molecule has 3 rings (SSSR count). The van der Waals surface area contributed by atoms with Crippen molar-refractivity contribution in [3.05, 3.63) is 16.9 Å². The minimum atomic E-state index is -0.724. The Bertz CT molecular complexity index is 823. The number of carbonyl (C=O) groups is 1. The summed E-state index contributed by atoms with van der Waals surface area (Å²) in [5.74, 6) is 0.168. The number of anilines is 2. The second kappa shape index (κ2) is 9.93. The number of aliphatic carboxylic acids is 1. The average molecular weight is 484 g/mol. The molecule has 0 amide bonds. The van der Waals surface area contributed by atoms with E-state index in [2.05, 4.69) is 29.1 Å². The van der Waals surface area contributed by atoms with Crippen LogP contribution in [0.1, 0.15) is 52.4 Å². The number of nitrogens with one attached hydrogen (secondary N) is 1. The number of halogens is 1. The van der Waals surface area contributed by atoms with E-state index in [1.165, 1.54) is 10.6 Å². The Morgan fingerprint density at radius 3 is 2.72 bits per heavy atom. The molecule has 29 heavy (non-hydrogen) atoms. The molecule has 2 heterocycles. The van der Waals surface area contributed by atoms with E-state index in [0.717, 1.165) is 54.5 Å². The van der Waals surface area contributed by atoms with E-state index < -0.39 is 5.97 Å². The highest BCUT2D eigenvalue weighted by Crippen LogP contribution is 2.49. The van der Waals surface area contributed by atoms with Crippen molar-refractivity contribution >= 4 is 51.9 Å². The van der Waals surface area contributed by atoms with Crippen LogP contribution in [-0.2, 0) is 4.79 Å². The zero-order valence-corrected chi connectivity index (χ0v) is 20.0. The molecule has 160 valence electrons. The van der Waals surface area contributed by atoms with E-state index in [1.807, 2.05) is 19.0 Å². The van der Waals surface area contributed by atoms with Crippen LogP contribution in [0.3, 0.4) is 0 Å². The van der Waals surface area contributed by atoms with Crippen molar-refractivity contribution in [1.29, 1.82) is 0 Å². The zero-order chi connectivity index (χ0) is 20.3. The second-order valence-corrected chi connectivity index (χ2v) is 9.36. The quantitative estimate of drug-likeness (QED) is 0.426. The molecule has 0 unspecified atom stereocenters. The standard InChI is InChI=1S/C20H29N5O2S.BrH/c1-20(2)10-13(21-9-7-5-6-8-15(26)27)17-14(11-20)24-16-18(25(3)4)22-12-23-19(16)28-17;/h12,24H,5-11H2,1-4H3,(H,26,27);1H. The molecule has 0 fully saturated rings. The molecule has 1 aliphatic heterocycles. The lowest BCUT2D eigenvalue weighted by Crippen LogP contribution is -2.30. The van der Waals surface area contributed by atoms with Crippen molar-refractivity contribution in [3.63, 3.8) is 0 Å². The predicted octanol–water partition coefficient (Wildman–Crippen LogP) is 4.76. The van der Waals surface area contributed by atoms with Gasteiger partial charge in [0.2, 0.25) is 0 Å². The Labute approximate surface area is 187 Å². The van der Waals surface area contributed by atoms with E-state index in [4.69, 9.17) is 10.1 Å². The van der Waals surface area contributed by atoms with Gasteiger partial charge in [-0.1, -0.05) is 32.0 Å². The van der Waals surface area contributed by atoms with Gasteiger partial charge in [-0.2, -0.15) is 0 Å². The van der Waals surface area contributed by atoms with Gasteiger partial charge in [0.15, 0.2) is 5.82 Å². The number of hydrogen-bond donors (Lipinski definition) is 2. The number of thioether (sulfide) groups is 1. The van der Waals surface area contributed by atoms with Gasteiger partial charge in [0.25, 0.3) is 0 Å². The van der Waals surface area contributed by atoms with Gasteiger partial charge in [0.05, 0.1) is 10.6 Å². The minimum Gasteiger partial charge on any atom is -0.481 e. The molecule has 7 nitrogen and oxygen atoms in total. The first-order valence-electron chi connectivity index (χ1n) is 9.73. The molecule has 0 atom stereocenters. The molecule has 0 bridgehead atoms. The van der Waals surface area contributed by atoms with Crippen LogP contribution in [-0.4, -0.2) is 47.4 Å². The van der Waals surface area contributed by atoms with Gasteiger partial charge in [-0.3, -0.25) is 9.79 Å². The second-order valence-electron chi connectivity index (χ2n) is 8.36. The van der Waals surface area contributed by atoms with Crippen LogP contribution in [0.5, 0.6) is 0 Å². The molecule has 0 saturated heterocycles. The first kappa shape index (κ1) is 23.7. The number of aromatic nitrogens is 2. The fourth-order valence-electron chi connectivity index (χ4n) is 3.59. The summed E-state index contributed by atoms with van der Waals surface area (Å²) >= 11 is 1.68. The number of fused-ring (bicyclic) bond motifs is 1. The zero-order valence-electron chi connectivity index (χ0n) is 17.5. The average Bonchev–Trinajstić information content (AvgIpc) is 2.61. The summed E-state index contributed by atoms with van der Waals surface area (Å²) in [6.45, 7) is 5.28. The predicted molar refractivity (Wildman–Crippen MR) is 125 cm³/mol. The highest BCUT2D eigenvalue weighted by Gasteiger charge is 2.36. The lowest BCUT2D eigenvalue weighted by Gasteiger charge is -2.37. The van der Waals surface area contributed by atoms with Crippen LogP contribution in [0.25, 0.3) is 0 Å². The van der Waals surface area contributed by atoms with E-state index in [0.29, 0.717) is 6.42 Å². The van der Waals surface area contributed by atoms with E-state index >= 15 is 0 Å². The van der Waals surface area contributed by atoms with Crippen molar-refractivity contribution in [2.45, 2.75) is 57.4 Å². The largest absolute Gasteiger partial charge is 0.481 e. The summed E-state index contributed by atoms with van der Waals surface area (Å²) in [5.41, 5.74) is 3.45. The summed E-state index contributed by atoms with van der Waals surface area (Å²) in [6, 6.07) is 0. The maximum Gasteiger partial charge on any atom is 0.303 e. The first-order valence-corrected chi connectivity index (χ1v) is 10.5.